The fraction of sp³-hybridized carbons (Fsp3) is 0.409. The van der Waals surface area contributed by atoms with Gasteiger partial charge in [0.15, 0.2) is 0 Å². The van der Waals surface area contributed by atoms with E-state index in [1.165, 1.54) is 53.8 Å². The molecule has 0 aliphatic carbocycles. The van der Waals surface area contributed by atoms with Crippen LogP contribution in [0.1, 0.15) is 60.3 Å². The molecule has 0 saturated heterocycles. The van der Waals surface area contributed by atoms with Gasteiger partial charge in [-0.3, -0.25) is 4.79 Å². The molecule has 0 saturated carbocycles. The van der Waals surface area contributed by atoms with Gasteiger partial charge in [0.25, 0.3) is 0 Å². The topological polar surface area (TPSA) is 37.3 Å². The van der Waals surface area contributed by atoms with Gasteiger partial charge in [0.05, 0.1) is 0 Å². The first kappa shape index (κ1) is 19.5. The van der Waals surface area contributed by atoms with Gasteiger partial charge in [0, 0.05) is 16.2 Å². The molecule has 0 aliphatic rings. The second-order valence-electron chi connectivity index (χ2n) is 6.39. The smallest absolute Gasteiger partial charge is 0.303 e. The maximum atomic E-state index is 10.5. The van der Waals surface area contributed by atoms with E-state index in [2.05, 4.69) is 42.5 Å². The number of rotatable bonds is 12. The predicted molar refractivity (Wildman–Crippen MR) is 107 cm³/mol. The van der Waals surface area contributed by atoms with Gasteiger partial charge in [-0.1, -0.05) is 55.7 Å². The van der Waals surface area contributed by atoms with Gasteiger partial charge < -0.3 is 5.11 Å². The molecule has 1 N–H and O–H groups in total. The number of benzene rings is 1. The van der Waals surface area contributed by atoms with E-state index in [-0.39, 0.29) is 6.42 Å². The quantitative estimate of drug-likeness (QED) is 0.449. The summed E-state index contributed by atoms with van der Waals surface area (Å²) in [5, 5.41) is 8.62. The standard InChI is InChI=1S/C22H28O2S/c23-22(24)16-10-9-15-21-18-17-20(25-21)14-8-3-1-2-5-11-19-12-6-4-7-13-19/h4,6-7,9,12-13,15,17-18H,1-3,5,8,10-11,14,16H2,(H,23,24)/b15-9+. The molecule has 134 valence electrons. The summed E-state index contributed by atoms with van der Waals surface area (Å²) in [5.74, 6) is -0.736. The summed E-state index contributed by atoms with van der Waals surface area (Å²) in [6.45, 7) is 0. The summed E-state index contributed by atoms with van der Waals surface area (Å²) in [6.07, 6.45) is 13.6. The number of allylic oxidation sites excluding steroid dienone is 1. The fourth-order valence-corrected chi connectivity index (χ4v) is 3.81. The van der Waals surface area contributed by atoms with Crippen LogP contribution in [0.15, 0.2) is 48.5 Å². The molecule has 3 heteroatoms. The molecule has 0 atom stereocenters. The van der Waals surface area contributed by atoms with Crippen molar-refractivity contribution in [2.75, 3.05) is 0 Å². The molecule has 0 radical (unpaired) electrons. The van der Waals surface area contributed by atoms with E-state index < -0.39 is 5.97 Å². The van der Waals surface area contributed by atoms with Crippen molar-refractivity contribution in [2.45, 2.75) is 57.8 Å². The second kappa shape index (κ2) is 11.6. The minimum Gasteiger partial charge on any atom is -0.481 e. The van der Waals surface area contributed by atoms with Crippen molar-refractivity contribution in [1.29, 1.82) is 0 Å². The van der Waals surface area contributed by atoms with E-state index in [0.717, 1.165) is 6.42 Å². The largest absolute Gasteiger partial charge is 0.481 e. The summed E-state index contributed by atoms with van der Waals surface area (Å²) in [6, 6.07) is 15.1. The average molecular weight is 357 g/mol. The molecule has 0 bridgehead atoms. The number of unbranched alkanes of at least 4 members (excludes halogenated alkanes) is 4. The molecule has 0 aliphatic heterocycles. The number of carboxylic acid groups (broad SMARTS) is 1. The Bertz CT molecular complexity index is 643. The monoisotopic (exact) mass is 356 g/mol. The molecule has 2 rings (SSSR count). The molecule has 2 nitrogen and oxygen atoms in total. The van der Waals surface area contributed by atoms with Crippen molar-refractivity contribution in [3.05, 3.63) is 63.9 Å². The van der Waals surface area contributed by atoms with Crippen LogP contribution in [0.25, 0.3) is 6.08 Å². The van der Waals surface area contributed by atoms with Crippen molar-refractivity contribution in [1.82, 2.24) is 0 Å². The molecule has 0 amide bonds. The third-order valence-corrected chi connectivity index (χ3v) is 5.33. The normalized spacial score (nSPS) is 11.2. The molecule has 1 aromatic carbocycles. The van der Waals surface area contributed by atoms with E-state index >= 15 is 0 Å². The summed E-state index contributed by atoms with van der Waals surface area (Å²) < 4.78 is 0. The van der Waals surface area contributed by atoms with Gasteiger partial charge in [-0.15, -0.1) is 11.3 Å². The molecule has 2 aromatic rings. The second-order valence-corrected chi connectivity index (χ2v) is 7.59. The third-order valence-electron chi connectivity index (χ3n) is 4.22. The van der Waals surface area contributed by atoms with E-state index in [0.29, 0.717) is 6.42 Å². The zero-order chi connectivity index (χ0) is 17.7. The first-order valence-electron chi connectivity index (χ1n) is 9.25. The Morgan fingerprint density at radius 3 is 2.40 bits per heavy atom. The number of hydrogen-bond donors (Lipinski definition) is 1. The van der Waals surface area contributed by atoms with Gasteiger partial charge in [-0.25, -0.2) is 0 Å². The number of carbonyl (C=O) groups is 1. The van der Waals surface area contributed by atoms with Crippen LogP contribution < -0.4 is 0 Å². The maximum Gasteiger partial charge on any atom is 0.303 e. The highest BCUT2D eigenvalue weighted by Crippen LogP contribution is 2.21. The lowest BCUT2D eigenvalue weighted by Gasteiger charge is -2.02. The van der Waals surface area contributed by atoms with Crippen LogP contribution in [0.3, 0.4) is 0 Å². The summed E-state index contributed by atoms with van der Waals surface area (Å²) >= 11 is 1.82. The van der Waals surface area contributed by atoms with Crippen LogP contribution in [0.4, 0.5) is 0 Å². The molecule has 1 aromatic heterocycles. The summed E-state index contributed by atoms with van der Waals surface area (Å²) in [7, 11) is 0. The lowest BCUT2D eigenvalue weighted by molar-refractivity contribution is -0.136. The van der Waals surface area contributed by atoms with Gasteiger partial charge in [-0.2, -0.15) is 0 Å². The SMILES string of the molecule is O=C(O)CC/C=C/c1ccc(CCCCCCCc2ccccc2)s1. The Morgan fingerprint density at radius 2 is 1.64 bits per heavy atom. The highest BCUT2D eigenvalue weighted by molar-refractivity contribution is 7.12. The zero-order valence-electron chi connectivity index (χ0n) is 14.8. The summed E-state index contributed by atoms with van der Waals surface area (Å²) in [4.78, 5) is 13.1. The number of thiophene rings is 1. The average Bonchev–Trinajstić information content (AvgIpc) is 3.06. The van der Waals surface area contributed by atoms with Crippen molar-refractivity contribution >= 4 is 23.4 Å². The van der Waals surface area contributed by atoms with Crippen molar-refractivity contribution in [3.8, 4) is 0 Å². The lowest BCUT2D eigenvalue weighted by Crippen LogP contribution is -1.91. The van der Waals surface area contributed by atoms with Crippen molar-refractivity contribution in [3.63, 3.8) is 0 Å². The molecule has 25 heavy (non-hydrogen) atoms. The van der Waals surface area contributed by atoms with Gasteiger partial charge in [-0.05, 0) is 55.9 Å². The Balaban J connectivity index is 1.52. The number of aliphatic carboxylic acids is 1. The minimum absolute atomic E-state index is 0.207. The fourth-order valence-electron chi connectivity index (χ4n) is 2.83. The number of aryl methyl sites for hydroxylation is 2. The Kier molecular flexibility index (Phi) is 9.06. The maximum absolute atomic E-state index is 10.5. The van der Waals surface area contributed by atoms with E-state index in [1.54, 1.807) is 0 Å². The molecule has 0 unspecified atom stereocenters. The van der Waals surface area contributed by atoms with Crippen LogP contribution in [-0.4, -0.2) is 11.1 Å². The Hall–Kier alpha value is -1.87. The Labute approximate surface area is 155 Å². The van der Waals surface area contributed by atoms with Crippen LogP contribution in [-0.2, 0) is 17.6 Å². The van der Waals surface area contributed by atoms with Crippen LogP contribution in [0.2, 0.25) is 0 Å². The van der Waals surface area contributed by atoms with Gasteiger partial charge in [0.2, 0.25) is 0 Å². The first-order chi connectivity index (χ1) is 12.2. The van der Waals surface area contributed by atoms with Gasteiger partial charge >= 0.3 is 5.97 Å². The van der Waals surface area contributed by atoms with Crippen LogP contribution >= 0.6 is 11.3 Å². The van der Waals surface area contributed by atoms with E-state index in [1.807, 2.05) is 23.5 Å². The first-order valence-corrected chi connectivity index (χ1v) is 10.1. The van der Waals surface area contributed by atoms with Crippen molar-refractivity contribution < 1.29 is 9.90 Å². The van der Waals surface area contributed by atoms with Gasteiger partial charge in [0.1, 0.15) is 0 Å². The Morgan fingerprint density at radius 1 is 0.920 bits per heavy atom. The minimum atomic E-state index is -0.736. The van der Waals surface area contributed by atoms with E-state index in [4.69, 9.17) is 5.11 Å². The van der Waals surface area contributed by atoms with Crippen molar-refractivity contribution in [2.24, 2.45) is 0 Å². The highest BCUT2D eigenvalue weighted by Gasteiger charge is 1.99. The zero-order valence-corrected chi connectivity index (χ0v) is 15.6. The van der Waals surface area contributed by atoms with E-state index in [9.17, 15) is 4.79 Å². The predicted octanol–water partition coefficient (Wildman–Crippen LogP) is 6.36. The summed E-state index contributed by atoms with van der Waals surface area (Å²) in [5.41, 5.74) is 1.45. The number of carboxylic acids is 1. The molecular formula is C22H28O2S. The molecular weight excluding hydrogens is 328 g/mol. The van der Waals surface area contributed by atoms with Crippen LogP contribution in [0.5, 0.6) is 0 Å². The third kappa shape index (κ3) is 8.69. The van der Waals surface area contributed by atoms with Crippen LogP contribution in [0, 0.1) is 0 Å². The highest BCUT2D eigenvalue weighted by atomic mass is 32.1. The molecule has 0 spiro atoms. The molecule has 0 fully saturated rings. The number of hydrogen-bond acceptors (Lipinski definition) is 2. The lowest BCUT2D eigenvalue weighted by atomic mass is 10.0. The molecule has 1 heterocycles.